The lowest BCUT2D eigenvalue weighted by Gasteiger charge is -2.15. The van der Waals surface area contributed by atoms with E-state index in [1.807, 2.05) is 0 Å². The fourth-order valence-corrected chi connectivity index (χ4v) is 1.84. The average molecular weight is 362 g/mol. The minimum atomic E-state index is -1.44. The second-order valence-electron chi connectivity index (χ2n) is 4.24. The zero-order valence-corrected chi connectivity index (χ0v) is 12.5. The van der Waals surface area contributed by atoms with Crippen molar-refractivity contribution in [2.75, 3.05) is 5.32 Å². The van der Waals surface area contributed by atoms with Crippen LogP contribution in [0.3, 0.4) is 0 Å². The second kappa shape index (κ2) is 7.02. The van der Waals surface area contributed by atoms with Gasteiger partial charge in [-0.3, -0.25) is 4.79 Å². The van der Waals surface area contributed by atoms with Crippen LogP contribution >= 0.6 is 15.9 Å². The predicted octanol–water partition coefficient (Wildman–Crippen LogP) is 1.35. The molecule has 7 nitrogen and oxygen atoms in total. The number of hydrogen-bond donors (Lipinski definition) is 4. The summed E-state index contributed by atoms with van der Waals surface area (Å²) in [6.45, 7) is 1.57. The monoisotopic (exact) mass is 361 g/mol. The van der Waals surface area contributed by atoms with Crippen molar-refractivity contribution < 1.29 is 23.9 Å². The number of urea groups is 1. The summed E-state index contributed by atoms with van der Waals surface area (Å²) in [7, 11) is 0. The number of carbonyl (C=O) groups is 3. The first-order chi connectivity index (χ1) is 9.70. The van der Waals surface area contributed by atoms with Crippen molar-refractivity contribution in [3.05, 3.63) is 28.0 Å². The highest BCUT2D eigenvalue weighted by Gasteiger charge is 2.22. The normalized spacial score (nSPS) is 11.6. The molecule has 0 saturated heterocycles. The minimum absolute atomic E-state index is 0.148. The lowest BCUT2D eigenvalue weighted by Crippen LogP contribution is -2.45. The third-order valence-electron chi connectivity index (χ3n) is 2.52. The average Bonchev–Trinajstić information content (AvgIpc) is 2.34. The number of carbonyl (C=O) groups excluding carboxylic acids is 2. The number of amides is 3. The molecule has 5 N–H and O–H groups in total. The van der Waals surface area contributed by atoms with E-state index in [1.165, 1.54) is 12.1 Å². The lowest BCUT2D eigenvalue weighted by molar-refractivity contribution is -0.140. The highest BCUT2D eigenvalue weighted by atomic mass is 79.9. The molecule has 1 rings (SSSR count). The van der Waals surface area contributed by atoms with E-state index in [2.05, 4.69) is 26.6 Å². The number of nitrogens with one attached hydrogen (secondary N) is 2. The van der Waals surface area contributed by atoms with Crippen molar-refractivity contribution in [3.63, 3.8) is 0 Å². The number of rotatable bonds is 5. The molecule has 0 fully saturated rings. The number of primary amides is 1. The topological polar surface area (TPSA) is 122 Å². The number of carboxylic acid groups (broad SMARTS) is 1. The van der Waals surface area contributed by atoms with Gasteiger partial charge in [0.25, 0.3) is 0 Å². The molecule has 114 valence electrons. The molecule has 0 unspecified atom stereocenters. The second-order valence-corrected chi connectivity index (χ2v) is 5.10. The van der Waals surface area contributed by atoms with Gasteiger partial charge in [0.2, 0.25) is 5.91 Å². The maximum Gasteiger partial charge on any atom is 0.326 e. The van der Waals surface area contributed by atoms with E-state index in [0.29, 0.717) is 11.3 Å². The SMILES string of the molecule is Cc1cc(F)c(Br)cc1NC(=O)N[C@H](CC(N)=O)C(=O)O. The first-order valence-corrected chi connectivity index (χ1v) is 6.54. The molecule has 1 aromatic carbocycles. The molecule has 0 radical (unpaired) electrons. The van der Waals surface area contributed by atoms with Crippen LogP contribution in [-0.2, 0) is 9.59 Å². The van der Waals surface area contributed by atoms with Crippen LogP contribution in [0.4, 0.5) is 14.9 Å². The summed E-state index contributed by atoms with van der Waals surface area (Å²) in [6.07, 6.45) is -0.533. The number of benzene rings is 1. The summed E-state index contributed by atoms with van der Waals surface area (Å²) in [5.41, 5.74) is 5.65. The fraction of sp³-hybridized carbons (Fsp3) is 0.250. The first kappa shape index (κ1) is 16.9. The maximum absolute atomic E-state index is 13.3. The molecule has 0 aliphatic carbocycles. The van der Waals surface area contributed by atoms with Crippen molar-refractivity contribution in [1.82, 2.24) is 5.32 Å². The van der Waals surface area contributed by atoms with Gasteiger partial charge in [-0.1, -0.05) is 0 Å². The fourth-order valence-electron chi connectivity index (χ4n) is 1.50. The summed E-state index contributed by atoms with van der Waals surface area (Å²) < 4.78 is 13.4. The van der Waals surface area contributed by atoms with Crippen molar-refractivity contribution in [3.8, 4) is 0 Å². The van der Waals surface area contributed by atoms with Crippen LogP contribution in [0.1, 0.15) is 12.0 Å². The Morgan fingerprint density at radius 1 is 1.43 bits per heavy atom. The van der Waals surface area contributed by atoms with E-state index < -0.39 is 36.2 Å². The Morgan fingerprint density at radius 2 is 2.05 bits per heavy atom. The molecular formula is C12H13BrFN3O4. The van der Waals surface area contributed by atoms with Gasteiger partial charge >= 0.3 is 12.0 Å². The van der Waals surface area contributed by atoms with E-state index >= 15 is 0 Å². The Bertz CT molecular complexity index is 594. The van der Waals surface area contributed by atoms with Crippen LogP contribution < -0.4 is 16.4 Å². The largest absolute Gasteiger partial charge is 0.480 e. The Kier molecular flexibility index (Phi) is 5.65. The van der Waals surface area contributed by atoms with Crippen molar-refractivity contribution >= 4 is 39.5 Å². The van der Waals surface area contributed by atoms with E-state index in [-0.39, 0.29) is 4.47 Å². The molecule has 1 aromatic rings. The Balaban J connectivity index is 2.79. The molecule has 0 spiro atoms. The summed E-state index contributed by atoms with van der Waals surface area (Å²) in [4.78, 5) is 33.3. The molecule has 21 heavy (non-hydrogen) atoms. The first-order valence-electron chi connectivity index (χ1n) is 5.75. The van der Waals surface area contributed by atoms with Gasteiger partial charge in [0.15, 0.2) is 0 Å². The molecule has 0 aliphatic heterocycles. The zero-order valence-electron chi connectivity index (χ0n) is 10.9. The van der Waals surface area contributed by atoms with Gasteiger partial charge in [-0.25, -0.2) is 14.0 Å². The minimum Gasteiger partial charge on any atom is -0.480 e. The molecular weight excluding hydrogens is 349 g/mol. The Labute approximate surface area is 127 Å². The number of halogens is 2. The van der Waals surface area contributed by atoms with Crippen LogP contribution in [0.5, 0.6) is 0 Å². The highest BCUT2D eigenvalue weighted by Crippen LogP contribution is 2.24. The van der Waals surface area contributed by atoms with Crippen LogP contribution in [-0.4, -0.2) is 29.1 Å². The Morgan fingerprint density at radius 3 is 2.57 bits per heavy atom. The summed E-state index contributed by atoms with van der Waals surface area (Å²) in [6, 6.07) is 0.267. The van der Waals surface area contributed by atoms with Crippen molar-refractivity contribution in [2.45, 2.75) is 19.4 Å². The van der Waals surface area contributed by atoms with Gasteiger partial charge in [-0.15, -0.1) is 0 Å². The van der Waals surface area contributed by atoms with Crippen molar-refractivity contribution in [1.29, 1.82) is 0 Å². The van der Waals surface area contributed by atoms with Crippen LogP contribution in [0, 0.1) is 12.7 Å². The number of carboxylic acids is 1. The highest BCUT2D eigenvalue weighted by molar-refractivity contribution is 9.10. The van der Waals surface area contributed by atoms with Gasteiger partial charge in [0.05, 0.1) is 10.9 Å². The molecule has 0 aromatic heterocycles. The number of nitrogens with two attached hydrogens (primary N) is 1. The van der Waals surface area contributed by atoms with Crippen LogP contribution in [0.15, 0.2) is 16.6 Å². The van der Waals surface area contributed by atoms with E-state index in [9.17, 15) is 18.8 Å². The van der Waals surface area contributed by atoms with Crippen LogP contribution in [0.2, 0.25) is 0 Å². The zero-order chi connectivity index (χ0) is 16.2. The summed E-state index contributed by atoms with van der Waals surface area (Å²) in [5, 5.41) is 13.3. The van der Waals surface area contributed by atoms with Gasteiger partial charge in [-0.05, 0) is 40.5 Å². The lowest BCUT2D eigenvalue weighted by atomic mass is 10.2. The van der Waals surface area contributed by atoms with Gasteiger partial charge < -0.3 is 21.5 Å². The standard InChI is InChI=1S/C12H13BrFN3O4/c1-5-2-7(14)6(13)3-8(5)16-12(21)17-9(11(19)20)4-10(15)18/h2-3,9H,4H2,1H3,(H2,15,18)(H,19,20)(H2,16,17,21)/t9-/m1/s1. The van der Waals surface area contributed by atoms with E-state index in [1.54, 1.807) is 6.92 Å². The molecule has 0 aliphatic rings. The Hall–Kier alpha value is -2.16. The van der Waals surface area contributed by atoms with Crippen molar-refractivity contribution in [2.24, 2.45) is 5.73 Å². The van der Waals surface area contributed by atoms with Gasteiger partial charge in [-0.2, -0.15) is 0 Å². The number of hydrogen-bond acceptors (Lipinski definition) is 3. The molecule has 0 bridgehead atoms. The number of aliphatic carboxylic acids is 1. The quantitative estimate of drug-likeness (QED) is 0.632. The van der Waals surface area contributed by atoms with Crippen LogP contribution in [0.25, 0.3) is 0 Å². The molecule has 1 atom stereocenters. The van der Waals surface area contributed by atoms with E-state index in [4.69, 9.17) is 10.8 Å². The summed E-state index contributed by atoms with van der Waals surface area (Å²) >= 11 is 2.97. The van der Waals surface area contributed by atoms with Gasteiger partial charge in [0, 0.05) is 5.69 Å². The molecule has 0 heterocycles. The van der Waals surface area contributed by atoms with E-state index in [0.717, 1.165) is 0 Å². The summed E-state index contributed by atoms with van der Waals surface area (Å²) in [5.74, 6) is -2.74. The number of anilines is 1. The molecule has 3 amide bonds. The smallest absolute Gasteiger partial charge is 0.326 e. The van der Waals surface area contributed by atoms with Gasteiger partial charge in [0.1, 0.15) is 11.9 Å². The molecule has 0 saturated carbocycles. The maximum atomic E-state index is 13.3. The number of aryl methyl sites for hydroxylation is 1. The predicted molar refractivity (Wildman–Crippen MR) is 76.2 cm³/mol. The third kappa shape index (κ3) is 5.03. The third-order valence-corrected chi connectivity index (χ3v) is 3.13. The molecule has 9 heteroatoms.